The van der Waals surface area contributed by atoms with Gasteiger partial charge in [0, 0.05) is 37.6 Å². The standard InChI is InChI=1S/C29H38N2O2S/c1-7-30(8-2)25-15-13-24(14-16-25)29(34(32,33)27-18-11-22(5)12-19-27)28-20-17-26(21-23(28)6)31(9-3)10-4/h11-21,29H,7-10H2,1-6H3. The zero-order valence-electron chi connectivity index (χ0n) is 21.4. The SMILES string of the molecule is CCN(CC)c1ccc(C(c2ccc(N(CC)CC)cc2C)S(=O)(=O)c2ccc(C)cc2)cc1. The van der Waals surface area contributed by atoms with E-state index in [4.69, 9.17) is 0 Å². The van der Waals surface area contributed by atoms with Gasteiger partial charge in [0.05, 0.1) is 4.90 Å². The molecule has 0 amide bonds. The lowest BCUT2D eigenvalue weighted by Crippen LogP contribution is -2.23. The zero-order valence-corrected chi connectivity index (χ0v) is 22.2. The molecular weight excluding hydrogens is 440 g/mol. The molecule has 3 aromatic carbocycles. The van der Waals surface area contributed by atoms with Crippen molar-refractivity contribution < 1.29 is 8.42 Å². The summed E-state index contributed by atoms with van der Waals surface area (Å²) in [5.74, 6) is 0. The third-order valence-corrected chi connectivity index (χ3v) is 8.72. The molecule has 0 N–H and O–H groups in total. The maximum absolute atomic E-state index is 14.0. The first-order valence-corrected chi connectivity index (χ1v) is 13.8. The molecule has 1 atom stereocenters. The molecule has 3 rings (SSSR count). The highest BCUT2D eigenvalue weighted by molar-refractivity contribution is 7.92. The smallest absolute Gasteiger partial charge is 0.189 e. The monoisotopic (exact) mass is 478 g/mol. The Morgan fingerprint density at radius 3 is 1.68 bits per heavy atom. The van der Waals surface area contributed by atoms with E-state index < -0.39 is 15.1 Å². The van der Waals surface area contributed by atoms with Crippen molar-refractivity contribution in [1.82, 2.24) is 0 Å². The van der Waals surface area contributed by atoms with Gasteiger partial charge < -0.3 is 9.80 Å². The van der Waals surface area contributed by atoms with Crippen molar-refractivity contribution in [1.29, 1.82) is 0 Å². The first-order valence-electron chi connectivity index (χ1n) is 12.3. The minimum absolute atomic E-state index is 0.350. The fourth-order valence-corrected chi connectivity index (χ4v) is 6.48. The Morgan fingerprint density at radius 2 is 1.18 bits per heavy atom. The molecule has 0 fully saturated rings. The van der Waals surface area contributed by atoms with Crippen LogP contribution in [-0.4, -0.2) is 34.6 Å². The van der Waals surface area contributed by atoms with Crippen LogP contribution in [0.1, 0.15) is 55.2 Å². The Hall–Kier alpha value is -2.79. The van der Waals surface area contributed by atoms with Crippen LogP contribution in [0.3, 0.4) is 0 Å². The molecule has 34 heavy (non-hydrogen) atoms. The first kappa shape index (κ1) is 25.8. The zero-order chi connectivity index (χ0) is 24.9. The van der Waals surface area contributed by atoms with Crippen molar-refractivity contribution >= 4 is 21.2 Å². The van der Waals surface area contributed by atoms with Crippen LogP contribution >= 0.6 is 0 Å². The first-order chi connectivity index (χ1) is 16.3. The van der Waals surface area contributed by atoms with Gasteiger partial charge in [-0.25, -0.2) is 8.42 Å². The van der Waals surface area contributed by atoms with Crippen LogP contribution in [0, 0.1) is 13.8 Å². The number of nitrogens with zero attached hydrogens (tertiary/aromatic N) is 2. The fraction of sp³-hybridized carbons (Fsp3) is 0.379. The summed E-state index contributed by atoms with van der Waals surface area (Å²) in [5, 5.41) is -0.772. The van der Waals surface area contributed by atoms with Gasteiger partial charge in [0.25, 0.3) is 0 Å². The molecule has 4 nitrogen and oxygen atoms in total. The number of aryl methyl sites for hydroxylation is 2. The number of hydrogen-bond acceptors (Lipinski definition) is 4. The summed E-state index contributed by atoms with van der Waals surface area (Å²) in [7, 11) is -3.66. The highest BCUT2D eigenvalue weighted by atomic mass is 32.2. The summed E-state index contributed by atoms with van der Waals surface area (Å²) in [5.41, 5.74) is 5.86. The number of hydrogen-bond donors (Lipinski definition) is 0. The van der Waals surface area contributed by atoms with Crippen molar-refractivity contribution in [3.05, 3.63) is 89.0 Å². The van der Waals surface area contributed by atoms with E-state index in [2.05, 4.69) is 49.6 Å². The van der Waals surface area contributed by atoms with Gasteiger partial charge in [0.1, 0.15) is 5.25 Å². The minimum atomic E-state index is -3.66. The van der Waals surface area contributed by atoms with Crippen molar-refractivity contribution in [2.24, 2.45) is 0 Å². The molecule has 182 valence electrons. The van der Waals surface area contributed by atoms with Crippen molar-refractivity contribution in [3.63, 3.8) is 0 Å². The Kier molecular flexibility index (Phi) is 8.42. The second-order valence-electron chi connectivity index (χ2n) is 8.72. The Balaban J connectivity index is 2.16. The third kappa shape index (κ3) is 5.30. The summed E-state index contributed by atoms with van der Waals surface area (Å²) >= 11 is 0. The molecule has 0 aromatic heterocycles. The maximum atomic E-state index is 14.0. The molecular formula is C29H38N2O2S. The van der Waals surface area contributed by atoms with Crippen LogP contribution in [0.4, 0.5) is 11.4 Å². The van der Waals surface area contributed by atoms with Gasteiger partial charge in [-0.05, 0) is 94.6 Å². The molecule has 1 unspecified atom stereocenters. The van der Waals surface area contributed by atoms with Crippen molar-refractivity contribution in [2.45, 2.75) is 51.7 Å². The molecule has 5 heteroatoms. The molecule has 0 aliphatic rings. The Morgan fingerprint density at radius 1 is 0.676 bits per heavy atom. The van der Waals surface area contributed by atoms with E-state index in [1.165, 1.54) is 0 Å². The average Bonchev–Trinajstić information content (AvgIpc) is 2.83. The quantitative estimate of drug-likeness (QED) is 0.331. The van der Waals surface area contributed by atoms with Crippen LogP contribution in [0.25, 0.3) is 0 Å². The van der Waals surface area contributed by atoms with Crippen LogP contribution in [0.2, 0.25) is 0 Å². The van der Waals surface area contributed by atoms with E-state index in [1.54, 1.807) is 12.1 Å². The molecule has 3 aromatic rings. The highest BCUT2D eigenvalue weighted by Crippen LogP contribution is 2.38. The van der Waals surface area contributed by atoms with Gasteiger partial charge in [-0.3, -0.25) is 0 Å². The molecule has 0 heterocycles. The lowest BCUT2D eigenvalue weighted by molar-refractivity contribution is 0.589. The summed E-state index contributed by atoms with van der Waals surface area (Å²) in [6.07, 6.45) is 0. The molecule has 0 aliphatic heterocycles. The predicted octanol–water partition coefficient (Wildman–Crippen LogP) is 6.56. The molecule has 0 saturated carbocycles. The molecule has 0 bridgehead atoms. The number of benzene rings is 3. The van der Waals surface area contributed by atoms with E-state index >= 15 is 0 Å². The minimum Gasteiger partial charge on any atom is -0.372 e. The second-order valence-corrected chi connectivity index (χ2v) is 10.7. The van der Waals surface area contributed by atoms with Crippen LogP contribution in [-0.2, 0) is 9.84 Å². The van der Waals surface area contributed by atoms with E-state index in [0.717, 1.165) is 59.8 Å². The Bertz CT molecular complexity index is 1180. The highest BCUT2D eigenvalue weighted by Gasteiger charge is 2.32. The summed E-state index contributed by atoms with van der Waals surface area (Å²) in [6.45, 7) is 16.1. The van der Waals surface area contributed by atoms with Gasteiger partial charge in [-0.2, -0.15) is 0 Å². The van der Waals surface area contributed by atoms with Gasteiger partial charge in [-0.1, -0.05) is 35.9 Å². The largest absolute Gasteiger partial charge is 0.372 e. The van der Waals surface area contributed by atoms with Gasteiger partial charge in [0.2, 0.25) is 0 Å². The normalized spacial score (nSPS) is 12.4. The van der Waals surface area contributed by atoms with Crippen molar-refractivity contribution in [2.75, 3.05) is 36.0 Å². The van der Waals surface area contributed by atoms with Crippen molar-refractivity contribution in [3.8, 4) is 0 Å². The average molecular weight is 479 g/mol. The van der Waals surface area contributed by atoms with Gasteiger partial charge >= 0.3 is 0 Å². The van der Waals surface area contributed by atoms with E-state index in [0.29, 0.717) is 4.90 Å². The number of sulfone groups is 1. The van der Waals surface area contributed by atoms with E-state index in [1.807, 2.05) is 56.3 Å². The summed E-state index contributed by atoms with van der Waals surface area (Å²) < 4.78 is 28.1. The van der Waals surface area contributed by atoms with E-state index in [-0.39, 0.29) is 0 Å². The summed E-state index contributed by atoms with van der Waals surface area (Å²) in [6, 6.07) is 21.4. The maximum Gasteiger partial charge on any atom is 0.189 e. The topological polar surface area (TPSA) is 40.6 Å². The molecule has 0 aliphatic carbocycles. The van der Waals surface area contributed by atoms with Gasteiger partial charge in [0.15, 0.2) is 9.84 Å². The third-order valence-electron chi connectivity index (χ3n) is 6.65. The predicted molar refractivity (Wildman–Crippen MR) is 145 cm³/mol. The fourth-order valence-electron chi connectivity index (χ4n) is 4.58. The van der Waals surface area contributed by atoms with Crippen LogP contribution in [0.5, 0.6) is 0 Å². The van der Waals surface area contributed by atoms with Crippen LogP contribution in [0.15, 0.2) is 71.6 Å². The van der Waals surface area contributed by atoms with E-state index in [9.17, 15) is 8.42 Å². The number of rotatable bonds is 10. The van der Waals surface area contributed by atoms with Gasteiger partial charge in [-0.15, -0.1) is 0 Å². The Labute approximate surface area is 206 Å². The van der Waals surface area contributed by atoms with Crippen LogP contribution < -0.4 is 9.80 Å². The second kappa shape index (κ2) is 11.1. The number of anilines is 2. The lowest BCUT2D eigenvalue weighted by atomic mass is 9.98. The molecule has 0 radical (unpaired) electrons. The summed E-state index contributed by atoms with van der Waals surface area (Å²) in [4.78, 5) is 4.89. The molecule has 0 spiro atoms. The lowest BCUT2D eigenvalue weighted by Gasteiger charge is -2.26. The molecule has 0 saturated heterocycles.